The molecule has 0 saturated heterocycles. The number of halogens is 3. The summed E-state index contributed by atoms with van der Waals surface area (Å²) in [6, 6.07) is 2.09. The first kappa shape index (κ1) is 18.9. The summed E-state index contributed by atoms with van der Waals surface area (Å²) in [7, 11) is -1.28. The molecule has 0 amide bonds. The predicted molar refractivity (Wildman–Crippen MR) is 97.6 cm³/mol. The Morgan fingerprint density at radius 2 is 2.12 bits per heavy atom. The molecule has 0 aliphatic carbocycles. The van der Waals surface area contributed by atoms with Crippen LogP contribution in [0.25, 0.3) is 22.7 Å². The summed E-state index contributed by atoms with van der Waals surface area (Å²) in [5.74, 6) is -2.25. The summed E-state index contributed by atoms with van der Waals surface area (Å²) in [6.45, 7) is 7.17. The average molecular weight is 447 g/mol. The standard InChI is InChI=1S/C15H17BrF2N4O3Si/c1-26(2,3)5-4-24-7-22-9-6-8(17)10(16)11(18)12(9)19-14(22)13-20-15(23)25-21-13/h6H,4-5,7H2,1-3H3,(H,20,21,23). The molecule has 0 atom stereocenters. The average Bonchev–Trinajstić information content (AvgIpc) is 3.12. The van der Waals surface area contributed by atoms with Crippen molar-refractivity contribution in [3.8, 4) is 11.6 Å². The van der Waals surface area contributed by atoms with Gasteiger partial charge < -0.3 is 4.74 Å². The van der Waals surface area contributed by atoms with E-state index >= 15 is 0 Å². The van der Waals surface area contributed by atoms with Crippen LogP contribution in [-0.2, 0) is 11.5 Å². The van der Waals surface area contributed by atoms with Crippen molar-refractivity contribution in [2.75, 3.05) is 6.61 Å². The fourth-order valence-electron chi connectivity index (χ4n) is 2.34. The lowest BCUT2D eigenvalue weighted by Crippen LogP contribution is -2.22. The second-order valence-electron chi connectivity index (χ2n) is 7.01. The molecule has 0 unspecified atom stereocenters. The number of aromatic nitrogens is 4. The van der Waals surface area contributed by atoms with Gasteiger partial charge in [-0.05, 0) is 22.0 Å². The van der Waals surface area contributed by atoms with E-state index in [1.807, 2.05) is 0 Å². The maximum absolute atomic E-state index is 14.4. The van der Waals surface area contributed by atoms with Gasteiger partial charge in [0, 0.05) is 20.7 Å². The van der Waals surface area contributed by atoms with Gasteiger partial charge in [0.25, 0.3) is 0 Å². The Hall–Kier alpha value is -1.85. The normalized spacial score (nSPS) is 12.2. The highest BCUT2D eigenvalue weighted by molar-refractivity contribution is 9.10. The van der Waals surface area contributed by atoms with Crippen LogP contribution in [0.1, 0.15) is 0 Å². The molecule has 3 rings (SSSR count). The van der Waals surface area contributed by atoms with Crippen LogP contribution in [0.2, 0.25) is 25.7 Å². The van der Waals surface area contributed by atoms with Crippen molar-refractivity contribution in [2.24, 2.45) is 0 Å². The summed E-state index contributed by atoms with van der Waals surface area (Å²) >= 11 is 2.86. The summed E-state index contributed by atoms with van der Waals surface area (Å²) in [5, 5.41) is 3.58. The summed E-state index contributed by atoms with van der Waals surface area (Å²) in [5.41, 5.74) is 0.126. The number of benzene rings is 1. The van der Waals surface area contributed by atoms with Gasteiger partial charge in [0.1, 0.15) is 18.1 Å². The van der Waals surface area contributed by atoms with Gasteiger partial charge in [-0.3, -0.25) is 14.1 Å². The van der Waals surface area contributed by atoms with Crippen LogP contribution in [0.5, 0.6) is 0 Å². The number of fused-ring (bicyclic) bond motifs is 1. The smallest absolute Gasteiger partial charge is 0.361 e. The van der Waals surface area contributed by atoms with E-state index in [1.165, 1.54) is 4.57 Å². The lowest BCUT2D eigenvalue weighted by atomic mass is 10.3. The zero-order valence-corrected chi connectivity index (χ0v) is 17.0. The monoisotopic (exact) mass is 446 g/mol. The van der Waals surface area contributed by atoms with Crippen LogP contribution in [0.4, 0.5) is 8.78 Å². The minimum atomic E-state index is -1.28. The molecule has 7 nitrogen and oxygen atoms in total. The Morgan fingerprint density at radius 3 is 2.73 bits per heavy atom. The molecule has 2 heterocycles. The van der Waals surface area contributed by atoms with Crippen LogP contribution >= 0.6 is 15.9 Å². The molecule has 0 aliphatic rings. The van der Waals surface area contributed by atoms with E-state index in [0.717, 1.165) is 12.1 Å². The second kappa shape index (κ2) is 7.04. The first-order valence-electron chi connectivity index (χ1n) is 7.85. The number of H-pyrrole nitrogens is 1. The Labute approximate surface area is 156 Å². The number of rotatable bonds is 6. The van der Waals surface area contributed by atoms with Crippen molar-refractivity contribution in [1.29, 1.82) is 0 Å². The molecule has 2 aromatic heterocycles. The van der Waals surface area contributed by atoms with E-state index in [4.69, 9.17) is 4.74 Å². The second-order valence-corrected chi connectivity index (χ2v) is 13.4. The molecule has 3 aromatic rings. The zero-order valence-electron chi connectivity index (χ0n) is 14.4. The molecule has 0 saturated carbocycles. The Morgan fingerprint density at radius 1 is 1.38 bits per heavy atom. The van der Waals surface area contributed by atoms with Crippen LogP contribution in [0.3, 0.4) is 0 Å². The van der Waals surface area contributed by atoms with E-state index in [0.29, 0.717) is 6.61 Å². The van der Waals surface area contributed by atoms with E-state index < -0.39 is 25.5 Å². The lowest BCUT2D eigenvalue weighted by molar-refractivity contribution is 0.0908. The van der Waals surface area contributed by atoms with Crippen LogP contribution < -0.4 is 5.76 Å². The van der Waals surface area contributed by atoms with E-state index in [9.17, 15) is 13.6 Å². The topological polar surface area (TPSA) is 85.9 Å². The molecule has 0 bridgehead atoms. The quantitative estimate of drug-likeness (QED) is 0.354. The molecule has 140 valence electrons. The highest BCUT2D eigenvalue weighted by atomic mass is 79.9. The molecular formula is C15H17BrF2N4O3Si. The third-order valence-corrected chi connectivity index (χ3v) is 6.18. The summed E-state index contributed by atoms with van der Waals surface area (Å²) in [4.78, 5) is 17.8. The Bertz CT molecular complexity index is 1010. The number of hydrogen-bond donors (Lipinski definition) is 1. The molecule has 0 spiro atoms. The molecule has 1 N–H and O–H groups in total. The van der Waals surface area contributed by atoms with Crippen molar-refractivity contribution in [3.05, 3.63) is 32.7 Å². The van der Waals surface area contributed by atoms with E-state index in [1.54, 1.807) is 0 Å². The lowest BCUT2D eigenvalue weighted by Gasteiger charge is -2.16. The van der Waals surface area contributed by atoms with E-state index in [-0.39, 0.29) is 33.9 Å². The van der Waals surface area contributed by atoms with Gasteiger partial charge in [-0.15, -0.1) is 0 Å². The number of hydrogen-bond acceptors (Lipinski definition) is 5. The van der Waals surface area contributed by atoms with Crippen molar-refractivity contribution >= 4 is 35.0 Å². The molecule has 0 fully saturated rings. The zero-order chi connectivity index (χ0) is 19.1. The van der Waals surface area contributed by atoms with Crippen molar-refractivity contribution in [2.45, 2.75) is 32.4 Å². The number of aromatic amines is 1. The van der Waals surface area contributed by atoms with Gasteiger partial charge >= 0.3 is 5.76 Å². The first-order chi connectivity index (χ1) is 12.2. The van der Waals surface area contributed by atoms with Crippen molar-refractivity contribution < 1.29 is 18.0 Å². The Kier molecular flexibility index (Phi) is 5.13. The number of ether oxygens (including phenoxy) is 1. The van der Waals surface area contributed by atoms with Crippen LogP contribution in [-0.4, -0.2) is 34.4 Å². The van der Waals surface area contributed by atoms with E-state index in [2.05, 4.69) is 55.2 Å². The predicted octanol–water partition coefficient (Wildman–Crippen LogP) is 3.73. The fraction of sp³-hybridized carbons (Fsp3) is 0.400. The third-order valence-electron chi connectivity index (χ3n) is 3.75. The van der Waals surface area contributed by atoms with Gasteiger partial charge in [0.2, 0.25) is 5.82 Å². The van der Waals surface area contributed by atoms with Gasteiger partial charge in [-0.25, -0.2) is 18.6 Å². The van der Waals surface area contributed by atoms with Crippen LogP contribution in [0.15, 0.2) is 19.9 Å². The van der Waals surface area contributed by atoms with Gasteiger partial charge in [-0.2, -0.15) is 0 Å². The number of imidazole rings is 1. The minimum Gasteiger partial charge on any atom is -0.361 e. The first-order valence-corrected chi connectivity index (χ1v) is 12.4. The number of nitrogens with zero attached hydrogens (tertiary/aromatic N) is 3. The van der Waals surface area contributed by atoms with Crippen molar-refractivity contribution in [3.63, 3.8) is 0 Å². The fourth-order valence-corrected chi connectivity index (χ4v) is 3.40. The molecule has 26 heavy (non-hydrogen) atoms. The minimum absolute atomic E-state index is 0.00567. The molecule has 0 aliphatic heterocycles. The van der Waals surface area contributed by atoms with Crippen LogP contribution in [0, 0.1) is 11.6 Å². The van der Waals surface area contributed by atoms with Crippen molar-refractivity contribution in [1.82, 2.24) is 19.7 Å². The SMILES string of the molecule is C[Si](C)(C)CCOCn1c(-c2noc(=O)[nH]2)nc2c(F)c(Br)c(F)cc21. The summed E-state index contributed by atoms with van der Waals surface area (Å²) in [6.07, 6.45) is 0. The maximum Gasteiger partial charge on any atom is 0.439 e. The van der Waals surface area contributed by atoms with Gasteiger partial charge in [0.05, 0.1) is 9.99 Å². The maximum atomic E-state index is 14.4. The largest absolute Gasteiger partial charge is 0.439 e. The number of nitrogens with one attached hydrogen (secondary N) is 1. The highest BCUT2D eigenvalue weighted by Crippen LogP contribution is 2.30. The van der Waals surface area contributed by atoms with Gasteiger partial charge in [0.15, 0.2) is 11.6 Å². The molecule has 1 aromatic carbocycles. The third kappa shape index (κ3) is 3.79. The molecule has 11 heteroatoms. The summed E-state index contributed by atoms with van der Waals surface area (Å²) < 4.78 is 39.7. The Balaban J connectivity index is 2.04. The highest BCUT2D eigenvalue weighted by Gasteiger charge is 2.22. The molecular weight excluding hydrogens is 430 g/mol. The van der Waals surface area contributed by atoms with Gasteiger partial charge in [-0.1, -0.05) is 24.8 Å². The molecule has 0 radical (unpaired) electrons.